The van der Waals surface area contributed by atoms with Crippen molar-refractivity contribution in [3.63, 3.8) is 0 Å². The molecule has 1 amide bonds. The first kappa shape index (κ1) is 17.2. The van der Waals surface area contributed by atoms with Crippen LogP contribution in [0.2, 0.25) is 0 Å². The lowest BCUT2D eigenvalue weighted by Gasteiger charge is -2.33. The van der Waals surface area contributed by atoms with Crippen LogP contribution >= 0.6 is 0 Å². The molecule has 6 nitrogen and oxygen atoms in total. The second-order valence-electron chi connectivity index (χ2n) is 6.35. The van der Waals surface area contributed by atoms with Crippen LogP contribution in [0.1, 0.15) is 44.9 Å². The van der Waals surface area contributed by atoms with Crippen molar-refractivity contribution in [3.05, 3.63) is 0 Å². The first-order chi connectivity index (χ1) is 10.6. The van der Waals surface area contributed by atoms with Gasteiger partial charge in [-0.05, 0) is 51.1 Å². The van der Waals surface area contributed by atoms with Crippen molar-refractivity contribution < 1.29 is 19.4 Å². The topological polar surface area (TPSA) is 78.9 Å². The molecule has 0 atom stereocenters. The van der Waals surface area contributed by atoms with Gasteiger partial charge in [-0.2, -0.15) is 0 Å². The number of carbonyl (C=O) groups excluding carboxylic acids is 1. The highest BCUT2D eigenvalue weighted by Crippen LogP contribution is 2.18. The van der Waals surface area contributed by atoms with E-state index in [1.54, 1.807) is 0 Å². The molecule has 2 heterocycles. The zero-order chi connectivity index (χ0) is 15.8. The van der Waals surface area contributed by atoms with Crippen molar-refractivity contribution in [2.24, 2.45) is 5.92 Å². The quantitative estimate of drug-likeness (QED) is 0.739. The molecule has 2 N–H and O–H groups in total. The molecule has 0 unspecified atom stereocenters. The maximum absolute atomic E-state index is 12.0. The van der Waals surface area contributed by atoms with Gasteiger partial charge in [-0.1, -0.05) is 0 Å². The van der Waals surface area contributed by atoms with Crippen LogP contribution in [0.4, 0.5) is 0 Å². The number of aliphatic carboxylic acids is 1. The molecule has 0 saturated carbocycles. The summed E-state index contributed by atoms with van der Waals surface area (Å²) in [5.41, 5.74) is 0. The van der Waals surface area contributed by atoms with Gasteiger partial charge >= 0.3 is 5.97 Å². The zero-order valence-corrected chi connectivity index (χ0v) is 13.3. The van der Waals surface area contributed by atoms with E-state index in [-0.39, 0.29) is 18.4 Å². The Morgan fingerprint density at radius 1 is 1.09 bits per heavy atom. The minimum absolute atomic E-state index is 0.0710. The third-order valence-corrected chi connectivity index (χ3v) is 4.60. The largest absolute Gasteiger partial charge is 0.481 e. The van der Waals surface area contributed by atoms with Crippen LogP contribution in [0.3, 0.4) is 0 Å². The minimum atomic E-state index is -0.835. The molecule has 2 fully saturated rings. The fourth-order valence-electron chi connectivity index (χ4n) is 3.14. The number of carboxylic acids is 1. The van der Waals surface area contributed by atoms with Gasteiger partial charge in [0.25, 0.3) is 0 Å². The smallest absolute Gasteiger partial charge is 0.303 e. The van der Waals surface area contributed by atoms with E-state index < -0.39 is 5.97 Å². The van der Waals surface area contributed by atoms with Crippen molar-refractivity contribution in [1.29, 1.82) is 0 Å². The molecule has 0 bridgehead atoms. The number of likely N-dealkylation sites (tertiary alicyclic amines) is 1. The number of carbonyl (C=O) groups is 2. The highest BCUT2D eigenvalue weighted by molar-refractivity contribution is 5.77. The lowest BCUT2D eigenvalue weighted by molar-refractivity contribution is -0.137. The Morgan fingerprint density at radius 2 is 1.77 bits per heavy atom. The van der Waals surface area contributed by atoms with E-state index in [1.807, 2.05) is 4.90 Å². The molecular weight excluding hydrogens is 284 g/mol. The standard InChI is InChI=1S/C16H28N2O4/c19-15(2-1-3-16(20)21)18-10-6-14(7-11-18)22-12-13-4-8-17-9-5-13/h13-14,17H,1-12H2,(H,20,21). The number of amides is 1. The summed E-state index contributed by atoms with van der Waals surface area (Å²) in [5, 5.41) is 12.0. The summed E-state index contributed by atoms with van der Waals surface area (Å²) >= 11 is 0. The fraction of sp³-hybridized carbons (Fsp3) is 0.875. The molecule has 0 radical (unpaired) electrons. The molecular formula is C16H28N2O4. The zero-order valence-electron chi connectivity index (χ0n) is 13.3. The van der Waals surface area contributed by atoms with Gasteiger partial charge in [0.05, 0.1) is 6.10 Å². The van der Waals surface area contributed by atoms with E-state index in [0.717, 1.165) is 45.6 Å². The van der Waals surface area contributed by atoms with Crippen molar-refractivity contribution >= 4 is 11.9 Å². The number of carboxylic acid groups (broad SMARTS) is 1. The normalized spacial score (nSPS) is 21.0. The molecule has 6 heteroatoms. The summed E-state index contributed by atoms with van der Waals surface area (Å²) in [4.78, 5) is 24.3. The third kappa shape index (κ3) is 5.93. The second-order valence-corrected chi connectivity index (χ2v) is 6.35. The Bertz CT molecular complexity index is 361. The van der Waals surface area contributed by atoms with Crippen LogP contribution in [0.15, 0.2) is 0 Å². The van der Waals surface area contributed by atoms with Crippen LogP contribution in [-0.4, -0.2) is 60.8 Å². The molecule has 2 rings (SSSR count). The summed E-state index contributed by atoms with van der Waals surface area (Å²) < 4.78 is 6.02. The Labute approximate surface area is 132 Å². The van der Waals surface area contributed by atoms with Crippen LogP contribution in [-0.2, 0) is 14.3 Å². The first-order valence-corrected chi connectivity index (χ1v) is 8.47. The number of piperidine rings is 2. The first-order valence-electron chi connectivity index (χ1n) is 8.47. The van der Waals surface area contributed by atoms with Crippen LogP contribution in [0, 0.1) is 5.92 Å². The van der Waals surface area contributed by atoms with Gasteiger partial charge < -0.3 is 20.1 Å². The molecule has 0 aromatic carbocycles. The Morgan fingerprint density at radius 3 is 2.41 bits per heavy atom. The number of hydrogen-bond donors (Lipinski definition) is 2. The number of rotatable bonds is 7. The van der Waals surface area contributed by atoms with Gasteiger partial charge in [-0.3, -0.25) is 9.59 Å². The maximum Gasteiger partial charge on any atom is 0.303 e. The summed E-state index contributed by atoms with van der Waals surface area (Å²) in [6.07, 6.45) is 5.31. The van der Waals surface area contributed by atoms with Crippen LogP contribution in [0.5, 0.6) is 0 Å². The predicted octanol–water partition coefficient (Wildman–Crippen LogP) is 1.25. The summed E-state index contributed by atoms with van der Waals surface area (Å²) in [5.74, 6) is -0.0761. The van der Waals surface area contributed by atoms with E-state index in [4.69, 9.17) is 9.84 Å². The van der Waals surface area contributed by atoms with E-state index in [2.05, 4.69) is 5.32 Å². The molecule has 2 aliphatic rings. The Kier molecular flexibility index (Phi) is 7.12. The summed E-state index contributed by atoms with van der Waals surface area (Å²) in [6.45, 7) is 4.51. The van der Waals surface area contributed by atoms with E-state index in [9.17, 15) is 9.59 Å². The van der Waals surface area contributed by atoms with Gasteiger partial charge in [0, 0.05) is 32.5 Å². The summed E-state index contributed by atoms with van der Waals surface area (Å²) in [6, 6.07) is 0. The van der Waals surface area contributed by atoms with Gasteiger partial charge in [-0.25, -0.2) is 0 Å². The Balaban J connectivity index is 1.58. The molecule has 0 aromatic rings. The van der Waals surface area contributed by atoms with E-state index in [0.29, 0.717) is 18.8 Å². The summed E-state index contributed by atoms with van der Waals surface area (Å²) in [7, 11) is 0. The minimum Gasteiger partial charge on any atom is -0.481 e. The van der Waals surface area contributed by atoms with Gasteiger partial charge in [0.15, 0.2) is 0 Å². The molecule has 0 spiro atoms. The van der Waals surface area contributed by atoms with E-state index >= 15 is 0 Å². The maximum atomic E-state index is 12.0. The molecule has 0 aromatic heterocycles. The molecule has 2 saturated heterocycles. The van der Waals surface area contributed by atoms with Crippen molar-refractivity contribution in [3.8, 4) is 0 Å². The Hall–Kier alpha value is -1.14. The SMILES string of the molecule is O=C(O)CCCC(=O)N1CCC(OCC2CCNCC2)CC1. The number of ether oxygens (including phenoxy) is 1. The third-order valence-electron chi connectivity index (χ3n) is 4.60. The highest BCUT2D eigenvalue weighted by Gasteiger charge is 2.24. The predicted molar refractivity (Wildman–Crippen MR) is 82.6 cm³/mol. The van der Waals surface area contributed by atoms with Gasteiger partial charge in [-0.15, -0.1) is 0 Å². The molecule has 126 valence electrons. The number of nitrogens with one attached hydrogen (secondary N) is 1. The lowest BCUT2D eigenvalue weighted by Crippen LogP contribution is -2.41. The second kappa shape index (κ2) is 9.10. The van der Waals surface area contributed by atoms with Crippen molar-refractivity contribution in [2.45, 2.75) is 51.0 Å². The van der Waals surface area contributed by atoms with Crippen LogP contribution < -0.4 is 5.32 Å². The monoisotopic (exact) mass is 312 g/mol. The highest BCUT2D eigenvalue weighted by atomic mass is 16.5. The lowest BCUT2D eigenvalue weighted by atomic mass is 9.99. The average molecular weight is 312 g/mol. The molecule has 22 heavy (non-hydrogen) atoms. The molecule has 2 aliphatic heterocycles. The van der Waals surface area contributed by atoms with Gasteiger partial charge in [0.2, 0.25) is 5.91 Å². The average Bonchev–Trinajstić information content (AvgIpc) is 2.54. The van der Waals surface area contributed by atoms with Crippen LogP contribution in [0.25, 0.3) is 0 Å². The number of nitrogens with zero attached hydrogens (tertiary/aromatic N) is 1. The van der Waals surface area contributed by atoms with E-state index in [1.165, 1.54) is 12.8 Å². The fourth-order valence-corrected chi connectivity index (χ4v) is 3.14. The number of hydrogen-bond acceptors (Lipinski definition) is 4. The van der Waals surface area contributed by atoms with Crippen molar-refractivity contribution in [2.75, 3.05) is 32.8 Å². The van der Waals surface area contributed by atoms with Crippen molar-refractivity contribution in [1.82, 2.24) is 10.2 Å². The van der Waals surface area contributed by atoms with Gasteiger partial charge in [0.1, 0.15) is 0 Å². The molecule has 0 aliphatic carbocycles.